The molecule has 0 spiro atoms. The molecule has 0 saturated heterocycles. The topological polar surface area (TPSA) is 84.6 Å². The summed E-state index contributed by atoms with van der Waals surface area (Å²) in [6.07, 6.45) is 0. The average molecular weight is 362 g/mol. The van der Waals surface area contributed by atoms with Crippen LogP contribution in [0, 0.1) is 13.8 Å². The fourth-order valence-electron chi connectivity index (χ4n) is 2.90. The molecule has 0 unspecified atom stereocenters. The Balaban J connectivity index is 1.79. The second-order valence-electron chi connectivity index (χ2n) is 6.43. The van der Waals surface area contributed by atoms with Crippen LogP contribution in [0.15, 0.2) is 60.7 Å². The first kappa shape index (κ1) is 18.3. The molecule has 0 aliphatic carbocycles. The van der Waals surface area contributed by atoms with Gasteiger partial charge < -0.3 is 20.9 Å². The number of benzene rings is 3. The van der Waals surface area contributed by atoms with Crippen LogP contribution in [0.1, 0.15) is 27.0 Å². The molecular formula is C22H22N2O3. The highest BCUT2D eigenvalue weighted by molar-refractivity contribution is 5.97. The van der Waals surface area contributed by atoms with Crippen LogP contribution in [-0.2, 0) is 6.54 Å². The van der Waals surface area contributed by atoms with Crippen molar-refractivity contribution in [1.29, 1.82) is 0 Å². The van der Waals surface area contributed by atoms with E-state index in [9.17, 15) is 9.90 Å². The highest BCUT2D eigenvalue weighted by Gasteiger charge is 2.14. The van der Waals surface area contributed by atoms with Gasteiger partial charge in [0.15, 0.2) is 0 Å². The smallest absolute Gasteiger partial charge is 0.255 e. The minimum Gasteiger partial charge on any atom is -0.507 e. The van der Waals surface area contributed by atoms with E-state index in [1.54, 1.807) is 6.07 Å². The Morgan fingerprint density at radius 2 is 1.70 bits per heavy atom. The lowest BCUT2D eigenvalue weighted by Gasteiger charge is -2.14. The molecule has 138 valence electrons. The van der Waals surface area contributed by atoms with Crippen molar-refractivity contribution in [1.82, 2.24) is 5.32 Å². The molecule has 1 amide bonds. The van der Waals surface area contributed by atoms with Gasteiger partial charge >= 0.3 is 0 Å². The molecule has 0 heterocycles. The summed E-state index contributed by atoms with van der Waals surface area (Å²) >= 11 is 0. The van der Waals surface area contributed by atoms with E-state index < -0.39 is 0 Å². The zero-order valence-corrected chi connectivity index (χ0v) is 15.3. The van der Waals surface area contributed by atoms with Gasteiger partial charge in [-0.2, -0.15) is 0 Å². The molecule has 3 aromatic carbocycles. The van der Waals surface area contributed by atoms with Crippen LogP contribution < -0.4 is 15.8 Å². The van der Waals surface area contributed by atoms with E-state index in [0.29, 0.717) is 23.7 Å². The van der Waals surface area contributed by atoms with Gasteiger partial charge in [-0.05, 0) is 60.9 Å². The number of nitrogens with one attached hydrogen (secondary N) is 1. The van der Waals surface area contributed by atoms with Crippen LogP contribution in [0.25, 0.3) is 0 Å². The number of ether oxygens (including phenoxy) is 1. The van der Waals surface area contributed by atoms with Crippen LogP contribution in [-0.4, -0.2) is 11.0 Å². The number of nitrogen functional groups attached to an aromatic ring is 1. The van der Waals surface area contributed by atoms with Gasteiger partial charge in [-0.3, -0.25) is 4.79 Å². The quantitative estimate of drug-likeness (QED) is 0.590. The lowest BCUT2D eigenvalue weighted by molar-refractivity contribution is 0.0948. The standard InChI is InChI=1S/C22H22N2O3/c1-14-10-17(23)11-15(2)21(14)27-18-8-9-20(25)19(12-18)22(26)24-13-16-6-4-3-5-7-16/h3-12,25H,13,23H2,1-2H3,(H,24,26). The number of phenolic OH excluding ortho intramolecular Hbond substituents is 1. The normalized spacial score (nSPS) is 10.4. The van der Waals surface area contributed by atoms with Gasteiger partial charge in [-0.25, -0.2) is 0 Å². The number of aryl methyl sites for hydroxylation is 2. The Kier molecular flexibility index (Phi) is 5.31. The second kappa shape index (κ2) is 7.83. The Labute approximate surface area is 158 Å². The molecule has 0 fully saturated rings. The van der Waals surface area contributed by atoms with Crippen molar-refractivity contribution in [3.05, 3.63) is 82.9 Å². The van der Waals surface area contributed by atoms with E-state index in [1.165, 1.54) is 12.1 Å². The highest BCUT2D eigenvalue weighted by Crippen LogP contribution is 2.32. The van der Waals surface area contributed by atoms with Crippen LogP contribution >= 0.6 is 0 Å². The van der Waals surface area contributed by atoms with Crippen LogP contribution in [0.3, 0.4) is 0 Å². The monoisotopic (exact) mass is 362 g/mol. The molecule has 0 saturated carbocycles. The van der Waals surface area contributed by atoms with Crippen molar-refractivity contribution < 1.29 is 14.6 Å². The lowest BCUT2D eigenvalue weighted by atomic mass is 10.1. The molecule has 5 nitrogen and oxygen atoms in total. The summed E-state index contributed by atoms with van der Waals surface area (Å²) in [6, 6.07) is 17.8. The number of phenols is 1. The third-order valence-electron chi connectivity index (χ3n) is 4.21. The van der Waals surface area contributed by atoms with E-state index in [2.05, 4.69) is 5.32 Å². The van der Waals surface area contributed by atoms with E-state index in [4.69, 9.17) is 10.5 Å². The van der Waals surface area contributed by atoms with Crippen molar-refractivity contribution >= 4 is 11.6 Å². The van der Waals surface area contributed by atoms with Crippen molar-refractivity contribution in [3.63, 3.8) is 0 Å². The first-order valence-electron chi connectivity index (χ1n) is 8.64. The average Bonchev–Trinajstić information content (AvgIpc) is 2.64. The Morgan fingerprint density at radius 3 is 2.37 bits per heavy atom. The van der Waals surface area contributed by atoms with Gasteiger partial charge in [0.05, 0.1) is 5.56 Å². The van der Waals surface area contributed by atoms with Gasteiger partial charge in [0.25, 0.3) is 5.91 Å². The largest absolute Gasteiger partial charge is 0.507 e. The summed E-state index contributed by atoms with van der Waals surface area (Å²) in [5, 5.41) is 12.9. The molecule has 0 radical (unpaired) electrons. The minimum absolute atomic E-state index is 0.0985. The molecule has 0 atom stereocenters. The van der Waals surface area contributed by atoms with E-state index in [0.717, 1.165) is 16.7 Å². The van der Waals surface area contributed by atoms with Gasteiger partial charge in [-0.1, -0.05) is 30.3 Å². The molecule has 3 rings (SSSR count). The number of carbonyl (C=O) groups excluding carboxylic acids is 1. The summed E-state index contributed by atoms with van der Waals surface area (Å²) in [5.41, 5.74) is 9.45. The van der Waals surface area contributed by atoms with Gasteiger partial charge in [0.2, 0.25) is 0 Å². The Hall–Kier alpha value is -3.47. The Morgan fingerprint density at radius 1 is 1.04 bits per heavy atom. The number of nitrogens with two attached hydrogens (primary N) is 1. The van der Waals surface area contributed by atoms with E-state index in [1.807, 2.05) is 56.3 Å². The van der Waals surface area contributed by atoms with Crippen molar-refractivity contribution in [3.8, 4) is 17.2 Å². The molecule has 0 aliphatic heterocycles. The molecule has 0 aromatic heterocycles. The lowest BCUT2D eigenvalue weighted by Crippen LogP contribution is -2.22. The first-order valence-corrected chi connectivity index (χ1v) is 8.64. The molecule has 4 N–H and O–H groups in total. The third kappa shape index (κ3) is 4.39. The van der Waals surface area contributed by atoms with Gasteiger partial charge in [-0.15, -0.1) is 0 Å². The fraction of sp³-hybridized carbons (Fsp3) is 0.136. The summed E-state index contributed by atoms with van der Waals surface area (Å²) in [6.45, 7) is 4.19. The number of hydrogen-bond acceptors (Lipinski definition) is 4. The number of anilines is 1. The maximum absolute atomic E-state index is 12.5. The summed E-state index contributed by atoms with van der Waals surface area (Å²) in [5.74, 6) is 0.686. The van der Waals surface area contributed by atoms with Crippen LogP contribution in [0.4, 0.5) is 5.69 Å². The number of hydrogen-bond donors (Lipinski definition) is 3. The number of amides is 1. The SMILES string of the molecule is Cc1cc(N)cc(C)c1Oc1ccc(O)c(C(=O)NCc2ccccc2)c1. The predicted octanol–water partition coefficient (Wildman–Crippen LogP) is 4.31. The summed E-state index contributed by atoms with van der Waals surface area (Å²) < 4.78 is 5.96. The maximum atomic E-state index is 12.5. The minimum atomic E-state index is -0.368. The molecule has 5 heteroatoms. The second-order valence-corrected chi connectivity index (χ2v) is 6.43. The fourth-order valence-corrected chi connectivity index (χ4v) is 2.90. The third-order valence-corrected chi connectivity index (χ3v) is 4.21. The van der Waals surface area contributed by atoms with Crippen molar-refractivity contribution in [2.45, 2.75) is 20.4 Å². The van der Waals surface area contributed by atoms with Crippen LogP contribution in [0.5, 0.6) is 17.2 Å². The van der Waals surface area contributed by atoms with Crippen LogP contribution in [0.2, 0.25) is 0 Å². The summed E-state index contributed by atoms with van der Waals surface area (Å²) in [7, 11) is 0. The Bertz CT molecular complexity index is 946. The number of aromatic hydroxyl groups is 1. The molecule has 0 bridgehead atoms. The van der Waals surface area contributed by atoms with E-state index >= 15 is 0 Å². The van der Waals surface area contributed by atoms with Crippen molar-refractivity contribution in [2.75, 3.05) is 5.73 Å². The summed E-state index contributed by atoms with van der Waals surface area (Å²) in [4.78, 5) is 12.5. The highest BCUT2D eigenvalue weighted by atomic mass is 16.5. The zero-order valence-electron chi connectivity index (χ0n) is 15.3. The first-order chi connectivity index (χ1) is 12.9. The molecule has 3 aromatic rings. The number of carbonyl (C=O) groups is 1. The zero-order chi connectivity index (χ0) is 19.4. The molecule has 27 heavy (non-hydrogen) atoms. The van der Waals surface area contributed by atoms with E-state index in [-0.39, 0.29) is 17.2 Å². The van der Waals surface area contributed by atoms with Gasteiger partial charge in [0, 0.05) is 12.2 Å². The molecular weight excluding hydrogens is 340 g/mol. The predicted molar refractivity (Wildman–Crippen MR) is 106 cm³/mol. The number of rotatable bonds is 5. The van der Waals surface area contributed by atoms with Gasteiger partial charge in [0.1, 0.15) is 17.2 Å². The van der Waals surface area contributed by atoms with Crippen molar-refractivity contribution in [2.24, 2.45) is 0 Å². The molecule has 0 aliphatic rings. The maximum Gasteiger partial charge on any atom is 0.255 e.